The van der Waals surface area contributed by atoms with Crippen LogP contribution in [0.4, 0.5) is 0 Å². The molecule has 3 N–H and O–H groups in total. The van der Waals surface area contributed by atoms with Crippen LogP contribution in [-0.2, 0) is 4.79 Å². The normalized spacial score (nSPS) is 31.6. The van der Waals surface area contributed by atoms with Crippen molar-refractivity contribution in [1.82, 2.24) is 20.8 Å². The Hall–Kier alpha value is -2.18. The van der Waals surface area contributed by atoms with Gasteiger partial charge in [-0.15, -0.1) is 0 Å². The molecule has 0 spiro atoms. The average molecular weight is 358 g/mol. The average Bonchev–Trinajstić information content (AvgIpc) is 2.57. The van der Waals surface area contributed by atoms with E-state index < -0.39 is 0 Å². The first-order valence-corrected chi connectivity index (χ1v) is 9.62. The SMILES string of the molecule is O=C(CC12CC3CC(CC(C3)C1)C2)NCCNC(=O)c1ccc(=O)[nH]n1. The van der Waals surface area contributed by atoms with Crippen molar-refractivity contribution in [2.24, 2.45) is 23.2 Å². The van der Waals surface area contributed by atoms with Crippen molar-refractivity contribution in [2.75, 3.05) is 13.1 Å². The summed E-state index contributed by atoms with van der Waals surface area (Å²) in [5.74, 6) is 2.27. The summed E-state index contributed by atoms with van der Waals surface area (Å²) in [6.45, 7) is 0.743. The van der Waals surface area contributed by atoms with Crippen molar-refractivity contribution >= 4 is 11.8 Å². The monoisotopic (exact) mass is 358 g/mol. The molecule has 0 atom stereocenters. The fourth-order valence-corrected chi connectivity index (χ4v) is 5.85. The zero-order valence-corrected chi connectivity index (χ0v) is 14.9. The summed E-state index contributed by atoms with van der Waals surface area (Å²) in [4.78, 5) is 35.2. The van der Waals surface area contributed by atoms with Crippen molar-refractivity contribution in [3.05, 3.63) is 28.2 Å². The molecule has 2 amide bonds. The van der Waals surface area contributed by atoms with E-state index in [0.29, 0.717) is 19.5 Å². The Bertz CT molecular complexity index is 702. The summed E-state index contributed by atoms with van der Waals surface area (Å²) in [6, 6.07) is 2.63. The standard InChI is InChI=1S/C19H26N4O3/c24-16-2-1-15(22-23-16)18(26)21-4-3-20-17(25)11-19-8-12-5-13(9-19)7-14(6-12)10-19/h1-2,12-14H,3-11H2,(H,20,25)(H,21,26)(H,23,24). The first kappa shape index (κ1) is 17.2. The molecule has 5 rings (SSSR count). The van der Waals surface area contributed by atoms with E-state index in [9.17, 15) is 14.4 Å². The van der Waals surface area contributed by atoms with Crippen LogP contribution in [0, 0.1) is 23.2 Å². The van der Waals surface area contributed by atoms with E-state index in [0.717, 1.165) is 17.8 Å². The van der Waals surface area contributed by atoms with Crippen LogP contribution in [0.2, 0.25) is 0 Å². The Morgan fingerprint density at radius 3 is 2.23 bits per heavy atom. The number of hydrogen-bond acceptors (Lipinski definition) is 4. The Kier molecular flexibility index (Phi) is 4.54. The molecular formula is C19H26N4O3. The van der Waals surface area contributed by atoms with Crippen molar-refractivity contribution in [2.45, 2.75) is 44.9 Å². The molecule has 4 saturated carbocycles. The van der Waals surface area contributed by atoms with Crippen LogP contribution in [0.3, 0.4) is 0 Å². The van der Waals surface area contributed by atoms with Gasteiger partial charge in [0, 0.05) is 25.6 Å². The number of nitrogens with one attached hydrogen (secondary N) is 3. The molecule has 7 heteroatoms. The van der Waals surface area contributed by atoms with Crippen LogP contribution in [0.5, 0.6) is 0 Å². The second-order valence-electron chi connectivity index (χ2n) is 8.51. The van der Waals surface area contributed by atoms with Gasteiger partial charge in [0.05, 0.1) is 0 Å². The maximum absolute atomic E-state index is 12.4. The topological polar surface area (TPSA) is 104 Å². The Morgan fingerprint density at radius 2 is 1.65 bits per heavy atom. The number of nitrogens with zero attached hydrogens (tertiary/aromatic N) is 1. The summed E-state index contributed by atoms with van der Waals surface area (Å²) < 4.78 is 0. The summed E-state index contributed by atoms with van der Waals surface area (Å²) in [5.41, 5.74) is 0.0463. The molecular weight excluding hydrogens is 332 g/mol. The van der Waals surface area contributed by atoms with Crippen LogP contribution >= 0.6 is 0 Å². The van der Waals surface area contributed by atoms with Crippen molar-refractivity contribution in [1.29, 1.82) is 0 Å². The van der Waals surface area contributed by atoms with Crippen LogP contribution in [-0.4, -0.2) is 35.1 Å². The highest BCUT2D eigenvalue weighted by Gasteiger charge is 2.51. The van der Waals surface area contributed by atoms with Crippen molar-refractivity contribution in [3.63, 3.8) is 0 Å². The van der Waals surface area contributed by atoms with Crippen LogP contribution in [0.25, 0.3) is 0 Å². The molecule has 7 nitrogen and oxygen atoms in total. The molecule has 4 aliphatic carbocycles. The fourth-order valence-electron chi connectivity index (χ4n) is 5.85. The third kappa shape index (κ3) is 3.66. The van der Waals surface area contributed by atoms with Gasteiger partial charge >= 0.3 is 0 Å². The van der Waals surface area contributed by atoms with E-state index in [1.54, 1.807) is 0 Å². The van der Waals surface area contributed by atoms with Gasteiger partial charge in [-0.25, -0.2) is 5.10 Å². The van der Waals surface area contributed by atoms with Gasteiger partial charge in [0.15, 0.2) is 0 Å². The minimum absolute atomic E-state index is 0.100. The Balaban J connectivity index is 1.20. The van der Waals surface area contributed by atoms with E-state index in [4.69, 9.17) is 0 Å². The van der Waals surface area contributed by atoms with E-state index >= 15 is 0 Å². The maximum Gasteiger partial charge on any atom is 0.271 e. The lowest BCUT2D eigenvalue weighted by atomic mass is 9.49. The summed E-state index contributed by atoms with van der Waals surface area (Å²) in [6.07, 6.45) is 8.44. The highest BCUT2D eigenvalue weighted by molar-refractivity contribution is 5.92. The number of rotatable bonds is 6. The third-order valence-electron chi connectivity index (χ3n) is 6.35. The van der Waals surface area contributed by atoms with Crippen LogP contribution in [0.15, 0.2) is 16.9 Å². The Labute approximate surface area is 152 Å². The van der Waals surface area contributed by atoms with Crippen molar-refractivity contribution in [3.8, 4) is 0 Å². The van der Waals surface area contributed by atoms with Gasteiger partial charge in [0.25, 0.3) is 11.5 Å². The molecule has 0 aromatic carbocycles. The summed E-state index contributed by atoms with van der Waals surface area (Å²) in [7, 11) is 0. The number of carbonyl (C=O) groups is 2. The number of carbonyl (C=O) groups excluding carboxylic acids is 2. The minimum atomic E-state index is -0.364. The molecule has 4 fully saturated rings. The Morgan fingerprint density at radius 1 is 1.04 bits per heavy atom. The summed E-state index contributed by atoms with van der Waals surface area (Å²) >= 11 is 0. The van der Waals surface area contributed by atoms with Gasteiger partial charge in [-0.05, 0) is 67.8 Å². The van der Waals surface area contributed by atoms with Gasteiger partial charge < -0.3 is 10.6 Å². The third-order valence-corrected chi connectivity index (χ3v) is 6.35. The van der Waals surface area contributed by atoms with Crippen LogP contribution < -0.4 is 16.2 Å². The van der Waals surface area contributed by atoms with Crippen LogP contribution in [0.1, 0.15) is 55.4 Å². The van der Waals surface area contributed by atoms with Gasteiger partial charge in [-0.1, -0.05) is 0 Å². The first-order valence-electron chi connectivity index (χ1n) is 9.62. The molecule has 0 unspecified atom stereocenters. The number of aromatic nitrogens is 2. The lowest BCUT2D eigenvalue weighted by Crippen LogP contribution is -2.48. The molecule has 1 aromatic rings. The predicted octanol–water partition coefficient (Wildman–Crippen LogP) is 1.22. The maximum atomic E-state index is 12.4. The number of aromatic amines is 1. The lowest BCUT2D eigenvalue weighted by molar-refractivity contribution is -0.129. The van der Waals surface area contributed by atoms with Gasteiger partial charge in [0.2, 0.25) is 5.91 Å². The van der Waals surface area contributed by atoms with E-state index in [1.165, 1.54) is 50.7 Å². The molecule has 4 aliphatic rings. The van der Waals surface area contributed by atoms with E-state index in [2.05, 4.69) is 20.8 Å². The van der Waals surface area contributed by atoms with E-state index in [-0.39, 0.29) is 28.5 Å². The highest BCUT2D eigenvalue weighted by Crippen LogP contribution is 2.61. The zero-order valence-electron chi connectivity index (χ0n) is 14.9. The quantitative estimate of drug-likeness (QED) is 0.665. The highest BCUT2D eigenvalue weighted by atomic mass is 16.2. The predicted molar refractivity (Wildman–Crippen MR) is 95.4 cm³/mol. The largest absolute Gasteiger partial charge is 0.354 e. The zero-order chi connectivity index (χ0) is 18.1. The molecule has 0 aliphatic heterocycles. The molecule has 140 valence electrons. The summed E-state index contributed by atoms with van der Waals surface area (Å²) in [5, 5.41) is 11.5. The van der Waals surface area contributed by atoms with Gasteiger partial charge in [-0.2, -0.15) is 5.10 Å². The smallest absolute Gasteiger partial charge is 0.271 e. The number of hydrogen-bond donors (Lipinski definition) is 3. The molecule has 0 radical (unpaired) electrons. The van der Waals surface area contributed by atoms with Gasteiger partial charge in [0.1, 0.15) is 5.69 Å². The molecule has 0 saturated heterocycles. The lowest BCUT2D eigenvalue weighted by Gasteiger charge is -2.56. The first-order chi connectivity index (χ1) is 12.5. The minimum Gasteiger partial charge on any atom is -0.354 e. The second kappa shape index (κ2) is 6.85. The fraction of sp³-hybridized carbons (Fsp3) is 0.684. The molecule has 1 heterocycles. The molecule has 4 bridgehead atoms. The molecule has 26 heavy (non-hydrogen) atoms. The second-order valence-corrected chi connectivity index (χ2v) is 8.51. The van der Waals surface area contributed by atoms with Gasteiger partial charge in [-0.3, -0.25) is 14.4 Å². The van der Waals surface area contributed by atoms with E-state index in [1.807, 2.05) is 0 Å². The van der Waals surface area contributed by atoms with Crippen molar-refractivity contribution < 1.29 is 9.59 Å². The number of amides is 2. The number of H-pyrrole nitrogens is 1. The molecule has 1 aromatic heterocycles.